The minimum atomic E-state index is -0.636. The van der Waals surface area contributed by atoms with Gasteiger partial charge in [0.05, 0.1) is 5.69 Å². The predicted octanol–water partition coefficient (Wildman–Crippen LogP) is 4.92. The molecule has 4 rings (SSSR count). The highest BCUT2D eigenvalue weighted by atomic mass is 32.1. The van der Waals surface area contributed by atoms with E-state index in [4.69, 9.17) is 0 Å². The van der Waals surface area contributed by atoms with Gasteiger partial charge in [0.1, 0.15) is 17.3 Å². The molecule has 2 heterocycles. The summed E-state index contributed by atoms with van der Waals surface area (Å²) >= 11 is 0.990. The number of anilines is 1. The topological polar surface area (TPSA) is 85.6 Å². The van der Waals surface area contributed by atoms with Crippen molar-refractivity contribution in [1.82, 2.24) is 24.4 Å². The lowest BCUT2D eigenvalue weighted by atomic mass is 9.87. The second kappa shape index (κ2) is 8.19. The summed E-state index contributed by atoms with van der Waals surface area (Å²) in [6.45, 7) is 7.96. The highest BCUT2D eigenvalue weighted by Crippen LogP contribution is 2.26. The van der Waals surface area contributed by atoms with Crippen LogP contribution >= 0.6 is 11.5 Å². The van der Waals surface area contributed by atoms with E-state index in [9.17, 15) is 13.6 Å². The summed E-state index contributed by atoms with van der Waals surface area (Å²) in [6.07, 6.45) is 0. The number of hydrogen-bond acceptors (Lipinski definition) is 6. The Kier molecular flexibility index (Phi) is 5.55. The Labute approximate surface area is 187 Å². The van der Waals surface area contributed by atoms with Crippen molar-refractivity contribution >= 4 is 22.6 Å². The Morgan fingerprint density at radius 1 is 1.09 bits per heavy atom. The molecule has 0 spiro atoms. The normalized spacial score (nSPS) is 11.6. The molecule has 0 fully saturated rings. The van der Waals surface area contributed by atoms with Gasteiger partial charge in [-0.25, -0.2) is 13.5 Å². The van der Waals surface area contributed by atoms with Crippen molar-refractivity contribution in [3.05, 3.63) is 70.9 Å². The average molecular weight is 455 g/mol. The van der Waals surface area contributed by atoms with Crippen molar-refractivity contribution in [3.8, 4) is 17.2 Å². The van der Waals surface area contributed by atoms with Gasteiger partial charge in [-0.05, 0) is 42.2 Å². The number of nitrogens with one attached hydrogen (secondary N) is 1. The summed E-state index contributed by atoms with van der Waals surface area (Å²) in [4.78, 5) is 16.9. The molecule has 4 aromatic rings. The molecule has 0 aliphatic carbocycles. The van der Waals surface area contributed by atoms with Gasteiger partial charge in [0, 0.05) is 23.2 Å². The second-order valence-corrected chi connectivity index (χ2v) is 8.99. The fourth-order valence-electron chi connectivity index (χ4n) is 3.07. The van der Waals surface area contributed by atoms with E-state index in [2.05, 4.69) is 45.8 Å². The van der Waals surface area contributed by atoms with Gasteiger partial charge >= 0.3 is 0 Å². The highest BCUT2D eigenvalue weighted by Gasteiger charge is 2.20. The van der Waals surface area contributed by atoms with Crippen molar-refractivity contribution in [2.75, 3.05) is 5.32 Å². The third-order valence-electron chi connectivity index (χ3n) is 4.90. The van der Waals surface area contributed by atoms with Crippen molar-refractivity contribution in [1.29, 1.82) is 0 Å². The smallest absolute Gasteiger partial charge is 0.257 e. The molecule has 0 aliphatic rings. The van der Waals surface area contributed by atoms with Gasteiger partial charge in [-0.15, -0.1) is 5.10 Å². The molecule has 32 heavy (non-hydrogen) atoms. The van der Waals surface area contributed by atoms with E-state index in [1.165, 1.54) is 4.68 Å². The minimum Gasteiger partial charge on any atom is -0.297 e. The van der Waals surface area contributed by atoms with Gasteiger partial charge in [-0.3, -0.25) is 10.1 Å². The Bertz CT molecular complexity index is 1290. The molecule has 0 aliphatic heterocycles. The summed E-state index contributed by atoms with van der Waals surface area (Å²) < 4.78 is 33.1. The maximum atomic E-state index is 14.1. The number of carbonyl (C=O) groups excluding carboxylic acids is 1. The van der Waals surface area contributed by atoms with Crippen LogP contribution in [0.4, 0.5) is 13.9 Å². The first-order valence-electron chi connectivity index (χ1n) is 9.77. The Hall–Kier alpha value is -3.53. The third kappa shape index (κ3) is 4.26. The zero-order chi connectivity index (χ0) is 23.0. The Morgan fingerprint density at radius 2 is 1.81 bits per heavy atom. The molecular formula is C22H20F2N6OS. The molecule has 2 aromatic heterocycles. The molecule has 164 valence electrons. The first-order chi connectivity index (χ1) is 15.1. The summed E-state index contributed by atoms with van der Waals surface area (Å²) in [5.41, 5.74) is 2.29. The van der Waals surface area contributed by atoms with Gasteiger partial charge in [0.2, 0.25) is 5.13 Å². The van der Waals surface area contributed by atoms with Gasteiger partial charge in [-0.1, -0.05) is 38.1 Å². The van der Waals surface area contributed by atoms with Crippen LogP contribution < -0.4 is 5.32 Å². The number of benzene rings is 2. The van der Waals surface area contributed by atoms with Crippen molar-refractivity contribution < 1.29 is 13.6 Å². The predicted molar refractivity (Wildman–Crippen MR) is 118 cm³/mol. The van der Waals surface area contributed by atoms with Crippen LogP contribution in [-0.2, 0) is 5.41 Å². The molecule has 0 saturated heterocycles. The van der Waals surface area contributed by atoms with E-state index in [0.29, 0.717) is 17.0 Å². The first-order valence-corrected chi connectivity index (χ1v) is 10.5. The van der Waals surface area contributed by atoms with Crippen molar-refractivity contribution in [2.45, 2.75) is 33.1 Å². The largest absolute Gasteiger partial charge is 0.297 e. The number of aromatic nitrogens is 5. The van der Waals surface area contributed by atoms with Crippen LogP contribution in [0.15, 0.2) is 42.5 Å². The monoisotopic (exact) mass is 454 g/mol. The first kappa shape index (κ1) is 21.7. The van der Waals surface area contributed by atoms with E-state index in [0.717, 1.165) is 35.3 Å². The van der Waals surface area contributed by atoms with Gasteiger partial charge in [0.15, 0.2) is 11.5 Å². The van der Waals surface area contributed by atoms with E-state index >= 15 is 0 Å². The SMILES string of the molecule is Cc1c(-c2nsc(NC(=O)c3ccc(C(C)(C)C)cc3)n2)nnn1-c1cc(F)ccc1F. The molecule has 0 unspecified atom stereocenters. The zero-order valence-corrected chi connectivity index (χ0v) is 18.7. The van der Waals surface area contributed by atoms with Gasteiger partial charge in [-0.2, -0.15) is 9.36 Å². The quantitative estimate of drug-likeness (QED) is 0.473. The molecule has 1 amide bonds. The maximum absolute atomic E-state index is 14.1. The van der Waals surface area contributed by atoms with Crippen molar-refractivity contribution in [2.24, 2.45) is 0 Å². The van der Waals surface area contributed by atoms with E-state index < -0.39 is 11.6 Å². The van der Waals surface area contributed by atoms with Crippen LogP contribution in [0.5, 0.6) is 0 Å². The molecule has 0 atom stereocenters. The van der Waals surface area contributed by atoms with Crippen LogP contribution in [0.25, 0.3) is 17.2 Å². The third-order valence-corrected chi connectivity index (χ3v) is 5.53. The lowest BCUT2D eigenvalue weighted by molar-refractivity contribution is 0.102. The fourth-order valence-corrected chi connectivity index (χ4v) is 3.64. The van der Waals surface area contributed by atoms with Crippen molar-refractivity contribution in [3.63, 3.8) is 0 Å². The van der Waals surface area contributed by atoms with Crippen LogP contribution in [-0.4, -0.2) is 30.3 Å². The Morgan fingerprint density at radius 3 is 2.50 bits per heavy atom. The van der Waals surface area contributed by atoms with E-state index in [-0.39, 0.29) is 28.0 Å². The highest BCUT2D eigenvalue weighted by molar-refractivity contribution is 7.10. The second-order valence-electron chi connectivity index (χ2n) is 8.24. The van der Waals surface area contributed by atoms with Gasteiger partial charge in [0.25, 0.3) is 5.91 Å². The van der Waals surface area contributed by atoms with Crippen LogP contribution in [0.1, 0.15) is 42.4 Å². The number of halogens is 2. The minimum absolute atomic E-state index is 0.00707. The summed E-state index contributed by atoms with van der Waals surface area (Å²) in [5.74, 6) is -1.31. The number of carbonyl (C=O) groups is 1. The molecule has 0 bridgehead atoms. The van der Waals surface area contributed by atoms with Crippen LogP contribution in [0.3, 0.4) is 0 Å². The fraction of sp³-hybridized carbons (Fsp3) is 0.227. The van der Waals surface area contributed by atoms with Crippen LogP contribution in [0.2, 0.25) is 0 Å². The number of rotatable bonds is 4. The number of hydrogen-bond donors (Lipinski definition) is 1. The van der Waals surface area contributed by atoms with E-state index in [1.54, 1.807) is 19.1 Å². The molecule has 1 N–H and O–H groups in total. The molecule has 0 saturated carbocycles. The number of nitrogens with zero attached hydrogens (tertiary/aromatic N) is 5. The van der Waals surface area contributed by atoms with Gasteiger partial charge < -0.3 is 0 Å². The lowest BCUT2D eigenvalue weighted by Crippen LogP contribution is -2.14. The standard InChI is InChI=1S/C22H20F2N6OS/c1-12-18(27-29-30(12)17-11-15(23)9-10-16(17)24)19-25-21(32-28-19)26-20(31)13-5-7-14(8-6-13)22(2,3)4/h5-11H,1-4H3,(H,25,26,28,31). The molecule has 0 radical (unpaired) electrons. The average Bonchev–Trinajstić information content (AvgIpc) is 3.35. The summed E-state index contributed by atoms with van der Waals surface area (Å²) in [7, 11) is 0. The molecule has 2 aromatic carbocycles. The summed E-state index contributed by atoms with van der Waals surface area (Å²) in [6, 6.07) is 10.5. The molecule has 10 heteroatoms. The lowest BCUT2D eigenvalue weighted by Gasteiger charge is -2.18. The maximum Gasteiger partial charge on any atom is 0.257 e. The zero-order valence-electron chi connectivity index (χ0n) is 17.8. The molecule has 7 nitrogen and oxygen atoms in total. The van der Waals surface area contributed by atoms with Crippen LogP contribution in [0, 0.1) is 18.6 Å². The number of amides is 1. The summed E-state index contributed by atoms with van der Waals surface area (Å²) in [5, 5.41) is 10.9. The van der Waals surface area contributed by atoms with E-state index in [1.807, 2.05) is 12.1 Å². The Balaban J connectivity index is 1.54. The molecular weight excluding hydrogens is 434 g/mol.